The Kier molecular flexibility index (Phi) is 6.72. The molecule has 0 fully saturated rings. The fourth-order valence-corrected chi connectivity index (χ4v) is 1.59. The standard InChI is InChI=1S/C14H24N2O2/c1-12(11-17)16(2)9-10-18-14-5-3-13(4-6-14)7-8-15/h3-6,12,17H,7-11,15H2,1-2H3. The Bertz CT molecular complexity index is 327. The fourth-order valence-electron chi connectivity index (χ4n) is 1.59. The molecule has 4 nitrogen and oxygen atoms in total. The van der Waals surface area contributed by atoms with Crippen molar-refractivity contribution in [3.05, 3.63) is 29.8 Å². The van der Waals surface area contributed by atoms with Crippen molar-refractivity contribution in [3.63, 3.8) is 0 Å². The lowest BCUT2D eigenvalue weighted by Gasteiger charge is -2.22. The molecule has 1 rings (SSSR count). The van der Waals surface area contributed by atoms with Crippen molar-refractivity contribution in [1.82, 2.24) is 4.90 Å². The quantitative estimate of drug-likeness (QED) is 0.721. The highest BCUT2D eigenvalue weighted by Gasteiger charge is 2.06. The summed E-state index contributed by atoms with van der Waals surface area (Å²) in [5.74, 6) is 0.876. The van der Waals surface area contributed by atoms with Crippen LogP contribution in [0.4, 0.5) is 0 Å². The summed E-state index contributed by atoms with van der Waals surface area (Å²) in [7, 11) is 1.98. The molecule has 0 heterocycles. The van der Waals surface area contributed by atoms with Crippen LogP contribution in [0, 0.1) is 0 Å². The van der Waals surface area contributed by atoms with Crippen molar-refractivity contribution in [2.45, 2.75) is 19.4 Å². The molecule has 1 atom stereocenters. The zero-order chi connectivity index (χ0) is 13.4. The van der Waals surface area contributed by atoms with Gasteiger partial charge in [-0.2, -0.15) is 0 Å². The summed E-state index contributed by atoms with van der Waals surface area (Å²) in [6.07, 6.45) is 0.900. The second-order valence-corrected chi connectivity index (χ2v) is 4.54. The van der Waals surface area contributed by atoms with Crippen LogP contribution in [0.3, 0.4) is 0 Å². The number of nitrogens with two attached hydrogens (primary N) is 1. The summed E-state index contributed by atoms with van der Waals surface area (Å²) in [6.45, 7) is 4.25. The number of nitrogens with zero attached hydrogens (tertiary/aromatic N) is 1. The lowest BCUT2D eigenvalue weighted by atomic mass is 10.1. The van der Waals surface area contributed by atoms with Gasteiger partial charge in [0.15, 0.2) is 0 Å². The molecule has 1 unspecified atom stereocenters. The summed E-state index contributed by atoms with van der Waals surface area (Å²) in [5, 5.41) is 9.01. The molecule has 0 bridgehead atoms. The number of hydrogen-bond acceptors (Lipinski definition) is 4. The van der Waals surface area contributed by atoms with E-state index in [1.165, 1.54) is 5.56 Å². The monoisotopic (exact) mass is 252 g/mol. The predicted octanol–water partition coefficient (Wildman–Crippen LogP) is 0.879. The SMILES string of the molecule is CC(CO)N(C)CCOc1ccc(CCN)cc1. The van der Waals surface area contributed by atoms with Crippen LogP contribution < -0.4 is 10.5 Å². The molecule has 4 heteroatoms. The second-order valence-electron chi connectivity index (χ2n) is 4.54. The minimum absolute atomic E-state index is 0.167. The molecule has 1 aromatic carbocycles. The molecule has 0 aliphatic rings. The van der Waals surface area contributed by atoms with E-state index in [9.17, 15) is 0 Å². The second kappa shape index (κ2) is 8.08. The molecule has 102 valence electrons. The fraction of sp³-hybridized carbons (Fsp3) is 0.571. The molecule has 0 radical (unpaired) electrons. The van der Waals surface area contributed by atoms with Crippen LogP contribution in [-0.4, -0.2) is 49.4 Å². The first kappa shape index (κ1) is 15.0. The maximum Gasteiger partial charge on any atom is 0.119 e. The first-order valence-electron chi connectivity index (χ1n) is 6.40. The molecule has 1 aromatic rings. The predicted molar refractivity (Wildman–Crippen MR) is 73.9 cm³/mol. The van der Waals surface area contributed by atoms with E-state index < -0.39 is 0 Å². The van der Waals surface area contributed by atoms with Gasteiger partial charge in [0, 0.05) is 12.6 Å². The molecule has 0 aliphatic carbocycles. The van der Waals surface area contributed by atoms with Gasteiger partial charge < -0.3 is 15.6 Å². The molecule has 3 N–H and O–H groups in total. The van der Waals surface area contributed by atoms with Gasteiger partial charge in [0.1, 0.15) is 12.4 Å². The maximum absolute atomic E-state index is 9.01. The van der Waals surface area contributed by atoms with E-state index in [2.05, 4.69) is 4.90 Å². The Balaban J connectivity index is 2.31. The Morgan fingerprint density at radius 1 is 1.33 bits per heavy atom. The van der Waals surface area contributed by atoms with Crippen LogP contribution in [0.1, 0.15) is 12.5 Å². The third-order valence-electron chi connectivity index (χ3n) is 3.09. The van der Waals surface area contributed by atoms with Crippen molar-refractivity contribution >= 4 is 0 Å². The molecule has 0 saturated heterocycles. The number of ether oxygens (including phenoxy) is 1. The van der Waals surface area contributed by atoms with Crippen molar-refractivity contribution in [1.29, 1.82) is 0 Å². The van der Waals surface area contributed by atoms with Gasteiger partial charge in [-0.25, -0.2) is 0 Å². The van der Waals surface area contributed by atoms with Gasteiger partial charge in [-0.1, -0.05) is 12.1 Å². The summed E-state index contributed by atoms with van der Waals surface area (Å²) in [5.41, 5.74) is 6.73. The summed E-state index contributed by atoms with van der Waals surface area (Å²) < 4.78 is 5.65. The van der Waals surface area contributed by atoms with Crippen LogP contribution in [-0.2, 0) is 6.42 Å². The van der Waals surface area contributed by atoms with E-state index >= 15 is 0 Å². The molecule has 0 aliphatic heterocycles. The molecular weight excluding hydrogens is 228 g/mol. The summed E-state index contributed by atoms with van der Waals surface area (Å²) in [4.78, 5) is 2.07. The van der Waals surface area contributed by atoms with Crippen LogP contribution in [0.25, 0.3) is 0 Å². The molecule has 0 spiro atoms. The molecule has 0 amide bonds. The first-order chi connectivity index (χ1) is 8.67. The molecular formula is C14H24N2O2. The number of likely N-dealkylation sites (N-methyl/N-ethyl adjacent to an activating group) is 1. The van der Waals surface area contributed by atoms with Gasteiger partial charge in [-0.05, 0) is 44.6 Å². The lowest BCUT2D eigenvalue weighted by molar-refractivity contribution is 0.140. The minimum Gasteiger partial charge on any atom is -0.492 e. The van der Waals surface area contributed by atoms with Gasteiger partial charge in [-0.15, -0.1) is 0 Å². The van der Waals surface area contributed by atoms with Gasteiger partial charge >= 0.3 is 0 Å². The first-order valence-corrected chi connectivity index (χ1v) is 6.40. The van der Waals surface area contributed by atoms with E-state index in [4.69, 9.17) is 15.6 Å². The van der Waals surface area contributed by atoms with Gasteiger partial charge in [0.05, 0.1) is 6.61 Å². The van der Waals surface area contributed by atoms with Crippen molar-refractivity contribution in [2.75, 3.05) is 33.4 Å². The Labute approximate surface area is 109 Å². The maximum atomic E-state index is 9.01. The van der Waals surface area contributed by atoms with Crippen LogP contribution >= 0.6 is 0 Å². The third-order valence-corrected chi connectivity index (χ3v) is 3.09. The molecule has 0 saturated carbocycles. The average Bonchev–Trinajstić information content (AvgIpc) is 2.40. The number of rotatable bonds is 8. The van der Waals surface area contributed by atoms with Gasteiger partial charge in [0.25, 0.3) is 0 Å². The van der Waals surface area contributed by atoms with Crippen molar-refractivity contribution in [3.8, 4) is 5.75 Å². The minimum atomic E-state index is 0.167. The normalized spacial score (nSPS) is 12.7. The number of benzene rings is 1. The van der Waals surface area contributed by atoms with Gasteiger partial charge in [-0.3, -0.25) is 4.90 Å². The summed E-state index contributed by atoms with van der Waals surface area (Å²) in [6, 6.07) is 8.20. The zero-order valence-electron chi connectivity index (χ0n) is 11.3. The average molecular weight is 252 g/mol. The van der Waals surface area contributed by atoms with Crippen LogP contribution in [0.2, 0.25) is 0 Å². The Morgan fingerprint density at radius 3 is 2.56 bits per heavy atom. The highest BCUT2D eigenvalue weighted by atomic mass is 16.5. The number of aliphatic hydroxyl groups excluding tert-OH is 1. The van der Waals surface area contributed by atoms with E-state index in [0.29, 0.717) is 13.2 Å². The van der Waals surface area contributed by atoms with Crippen LogP contribution in [0.15, 0.2) is 24.3 Å². The smallest absolute Gasteiger partial charge is 0.119 e. The van der Waals surface area contributed by atoms with Crippen molar-refractivity contribution < 1.29 is 9.84 Å². The number of hydrogen-bond donors (Lipinski definition) is 2. The Morgan fingerprint density at radius 2 is 2.00 bits per heavy atom. The highest BCUT2D eigenvalue weighted by molar-refractivity contribution is 5.27. The molecule has 0 aromatic heterocycles. The zero-order valence-corrected chi connectivity index (χ0v) is 11.3. The van der Waals surface area contributed by atoms with Gasteiger partial charge in [0.2, 0.25) is 0 Å². The van der Waals surface area contributed by atoms with E-state index in [-0.39, 0.29) is 12.6 Å². The molecule has 18 heavy (non-hydrogen) atoms. The van der Waals surface area contributed by atoms with Crippen molar-refractivity contribution in [2.24, 2.45) is 5.73 Å². The van der Waals surface area contributed by atoms with E-state index in [1.807, 2.05) is 38.2 Å². The number of aliphatic hydroxyl groups is 1. The largest absolute Gasteiger partial charge is 0.492 e. The topological polar surface area (TPSA) is 58.7 Å². The van der Waals surface area contributed by atoms with E-state index in [1.54, 1.807) is 0 Å². The Hall–Kier alpha value is -1.10. The lowest BCUT2D eigenvalue weighted by Crippen LogP contribution is -2.35. The highest BCUT2D eigenvalue weighted by Crippen LogP contribution is 2.12. The van der Waals surface area contributed by atoms with Crippen LogP contribution in [0.5, 0.6) is 5.75 Å². The van der Waals surface area contributed by atoms with E-state index in [0.717, 1.165) is 18.7 Å². The summed E-state index contributed by atoms with van der Waals surface area (Å²) >= 11 is 0. The third kappa shape index (κ3) is 5.04.